The summed E-state index contributed by atoms with van der Waals surface area (Å²) in [6.07, 6.45) is 0. The molecule has 0 amide bonds. The summed E-state index contributed by atoms with van der Waals surface area (Å²) in [6, 6.07) is 21.2. The summed E-state index contributed by atoms with van der Waals surface area (Å²) in [6.45, 7) is 0. The van der Waals surface area contributed by atoms with Gasteiger partial charge in [0, 0.05) is 0 Å². The van der Waals surface area contributed by atoms with Crippen molar-refractivity contribution in [1.29, 1.82) is 5.41 Å². The molecule has 0 saturated heterocycles. The lowest BCUT2D eigenvalue weighted by molar-refractivity contribution is 0.368. The Morgan fingerprint density at radius 2 is 1.12 bits per heavy atom. The Morgan fingerprint density at radius 1 is 0.720 bits per heavy atom. The van der Waals surface area contributed by atoms with E-state index in [4.69, 9.17) is 10.1 Å². The third kappa shape index (κ3) is 2.91. The van der Waals surface area contributed by atoms with Crippen molar-refractivity contribution >= 4 is 5.90 Å². The van der Waals surface area contributed by atoms with Crippen LogP contribution >= 0.6 is 0 Å². The Bertz CT molecular complexity index is 813. The summed E-state index contributed by atoms with van der Waals surface area (Å²) in [5, 5.41) is 8.55. The topological polar surface area (TPSA) is 33.1 Å². The van der Waals surface area contributed by atoms with Crippen LogP contribution in [0.5, 0.6) is 0 Å². The molecular formula is C21H17F2NO. The largest absolute Gasteiger partial charge is 0.483 e. The molecule has 1 N–H and O–H groups in total. The molecule has 0 aliphatic rings. The second-order valence-electron chi connectivity index (χ2n) is 5.66. The number of rotatable bonds is 4. The van der Waals surface area contributed by atoms with Crippen LogP contribution in [0, 0.1) is 17.0 Å². The highest BCUT2D eigenvalue weighted by molar-refractivity contribution is 5.94. The van der Waals surface area contributed by atoms with Gasteiger partial charge in [-0.2, -0.15) is 0 Å². The maximum absolute atomic E-state index is 13.5. The van der Waals surface area contributed by atoms with E-state index in [0.717, 1.165) is 5.56 Å². The molecule has 2 nitrogen and oxygen atoms in total. The zero-order valence-corrected chi connectivity index (χ0v) is 13.7. The van der Waals surface area contributed by atoms with Crippen LogP contribution in [0.2, 0.25) is 0 Å². The standard InChI is InChI=1S/C21H17F2NO/c1-25-20(24)21(15-5-3-2-4-6-15,16-7-11-18(22)12-8-16)17-9-13-19(23)14-10-17/h2-14,24H,1H3. The smallest absolute Gasteiger partial charge is 0.200 e. The average Bonchev–Trinajstić information content (AvgIpc) is 2.65. The second-order valence-corrected chi connectivity index (χ2v) is 5.66. The molecule has 3 aromatic rings. The fourth-order valence-corrected chi connectivity index (χ4v) is 3.13. The van der Waals surface area contributed by atoms with Crippen LogP contribution in [0.1, 0.15) is 16.7 Å². The maximum atomic E-state index is 13.5. The Hall–Kier alpha value is -3.01. The van der Waals surface area contributed by atoms with Crippen LogP contribution in [-0.2, 0) is 10.2 Å². The van der Waals surface area contributed by atoms with Gasteiger partial charge < -0.3 is 4.74 Å². The van der Waals surface area contributed by atoms with Gasteiger partial charge in [0.1, 0.15) is 17.0 Å². The zero-order chi connectivity index (χ0) is 17.9. The quantitative estimate of drug-likeness (QED) is 0.409. The molecular weight excluding hydrogens is 320 g/mol. The molecule has 0 unspecified atom stereocenters. The first kappa shape index (κ1) is 16.8. The number of nitrogens with one attached hydrogen (secondary N) is 1. The minimum atomic E-state index is -1.10. The first-order valence-electron chi connectivity index (χ1n) is 7.79. The van der Waals surface area contributed by atoms with Gasteiger partial charge in [-0.25, -0.2) is 8.78 Å². The Labute approximate surface area is 145 Å². The summed E-state index contributed by atoms with van der Waals surface area (Å²) in [5.41, 5.74) is 1.01. The Morgan fingerprint density at radius 3 is 1.52 bits per heavy atom. The van der Waals surface area contributed by atoms with Crippen LogP contribution < -0.4 is 0 Å². The van der Waals surface area contributed by atoms with Gasteiger partial charge in [0.15, 0.2) is 5.90 Å². The molecule has 25 heavy (non-hydrogen) atoms. The van der Waals surface area contributed by atoms with Crippen molar-refractivity contribution in [2.24, 2.45) is 0 Å². The van der Waals surface area contributed by atoms with Gasteiger partial charge in [-0.05, 0) is 41.0 Å². The summed E-state index contributed by atoms with van der Waals surface area (Å²) in [4.78, 5) is 0. The lowest BCUT2D eigenvalue weighted by atomic mass is 9.69. The third-order valence-electron chi connectivity index (χ3n) is 4.31. The lowest BCUT2D eigenvalue weighted by Crippen LogP contribution is -2.39. The fraction of sp³-hybridized carbons (Fsp3) is 0.0952. The van der Waals surface area contributed by atoms with Gasteiger partial charge in [-0.1, -0.05) is 54.6 Å². The molecule has 0 heterocycles. The van der Waals surface area contributed by atoms with E-state index in [2.05, 4.69) is 0 Å². The van der Waals surface area contributed by atoms with E-state index >= 15 is 0 Å². The van der Waals surface area contributed by atoms with E-state index in [-0.39, 0.29) is 17.5 Å². The van der Waals surface area contributed by atoms with Crippen molar-refractivity contribution in [3.8, 4) is 0 Å². The highest BCUT2D eigenvalue weighted by Gasteiger charge is 2.42. The lowest BCUT2D eigenvalue weighted by Gasteiger charge is -2.35. The monoisotopic (exact) mass is 337 g/mol. The number of ether oxygens (including phenoxy) is 1. The van der Waals surface area contributed by atoms with E-state index < -0.39 is 5.41 Å². The summed E-state index contributed by atoms with van der Waals surface area (Å²) >= 11 is 0. The minimum Gasteiger partial charge on any atom is -0.483 e. The summed E-state index contributed by atoms with van der Waals surface area (Å²) < 4.78 is 32.3. The number of hydrogen-bond acceptors (Lipinski definition) is 2. The SMILES string of the molecule is COC(=N)C(c1ccccc1)(c1ccc(F)cc1)c1ccc(F)cc1. The van der Waals surface area contributed by atoms with Crippen molar-refractivity contribution in [3.63, 3.8) is 0 Å². The van der Waals surface area contributed by atoms with E-state index in [1.165, 1.54) is 31.4 Å². The molecule has 0 aromatic heterocycles. The van der Waals surface area contributed by atoms with E-state index in [1.54, 1.807) is 24.3 Å². The third-order valence-corrected chi connectivity index (χ3v) is 4.31. The van der Waals surface area contributed by atoms with E-state index in [9.17, 15) is 8.78 Å². The van der Waals surface area contributed by atoms with Crippen molar-refractivity contribution in [3.05, 3.63) is 107 Å². The highest BCUT2D eigenvalue weighted by atomic mass is 19.1. The van der Waals surface area contributed by atoms with Gasteiger partial charge in [0.25, 0.3) is 0 Å². The van der Waals surface area contributed by atoms with Crippen molar-refractivity contribution in [2.45, 2.75) is 5.41 Å². The fourth-order valence-electron chi connectivity index (χ4n) is 3.13. The van der Waals surface area contributed by atoms with Crippen LogP contribution in [-0.4, -0.2) is 13.0 Å². The molecule has 0 aliphatic heterocycles. The predicted molar refractivity (Wildman–Crippen MR) is 93.9 cm³/mol. The summed E-state index contributed by atoms with van der Waals surface area (Å²) in [7, 11) is 1.42. The van der Waals surface area contributed by atoms with Gasteiger partial charge in [0.05, 0.1) is 7.11 Å². The zero-order valence-electron chi connectivity index (χ0n) is 13.7. The van der Waals surface area contributed by atoms with E-state index in [1.807, 2.05) is 30.3 Å². The van der Waals surface area contributed by atoms with Gasteiger partial charge in [0.2, 0.25) is 0 Å². The second kappa shape index (κ2) is 6.85. The van der Waals surface area contributed by atoms with Gasteiger partial charge in [-0.3, -0.25) is 5.41 Å². The first-order valence-corrected chi connectivity index (χ1v) is 7.79. The van der Waals surface area contributed by atoms with Crippen LogP contribution in [0.4, 0.5) is 8.78 Å². The van der Waals surface area contributed by atoms with E-state index in [0.29, 0.717) is 11.1 Å². The number of methoxy groups -OCH3 is 1. The van der Waals surface area contributed by atoms with Crippen molar-refractivity contribution in [1.82, 2.24) is 0 Å². The predicted octanol–water partition coefficient (Wildman–Crippen LogP) is 4.92. The highest BCUT2D eigenvalue weighted by Crippen LogP contribution is 2.40. The number of halogens is 2. The Kier molecular flexibility index (Phi) is 4.61. The number of benzene rings is 3. The van der Waals surface area contributed by atoms with Crippen LogP contribution in [0.3, 0.4) is 0 Å². The number of hydrogen-bond donors (Lipinski definition) is 1. The van der Waals surface area contributed by atoms with Gasteiger partial charge in [-0.15, -0.1) is 0 Å². The maximum Gasteiger partial charge on any atom is 0.200 e. The van der Waals surface area contributed by atoms with Crippen LogP contribution in [0.15, 0.2) is 78.9 Å². The molecule has 3 aromatic carbocycles. The molecule has 4 heteroatoms. The van der Waals surface area contributed by atoms with Crippen molar-refractivity contribution in [2.75, 3.05) is 7.11 Å². The molecule has 0 bridgehead atoms. The first-order chi connectivity index (χ1) is 12.1. The normalized spacial score (nSPS) is 11.2. The molecule has 0 spiro atoms. The minimum absolute atomic E-state index is 0.0306. The van der Waals surface area contributed by atoms with Gasteiger partial charge >= 0.3 is 0 Å². The average molecular weight is 337 g/mol. The molecule has 0 saturated carbocycles. The summed E-state index contributed by atoms with van der Waals surface area (Å²) in [5.74, 6) is -0.764. The molecule has 126 valence electrons. The van der Waals surface area contributed by atoms with Crippen molar-refractivity contribution < 1.29 is 13.5 Å². The molecule has 3 rings (SSSR count). The molecule has 0 radical (unpaired) electrons. The van der Waals surface area contributed by atoms with Crippen LogP contribution in [0.25, 0.3) is 0 Å². The molecule has 0 fully saturated rings. The Balaban J connectivity index is 2.37. The molecule has 0 aliphatic carbocycles. The molecule has 0 atom stereocenters.